The Labute approximate surface area is 413 Å². The van der Waals surface area contributed by atoms with Crippen LogP contribution < -0.4 is 24.3 Å². The van der Waals surface area contributed by atoms with Gasteiger partial charge in [-0.3, -0.25) is 9.59 Å². The smallest absolute Gasteiger partial charge is 0.410 e. The lowest BCUT2D eigenvalue weighted by molar-refractivity contribution is 0.00751. The number of ether oxygens (including phenoxy) is 9. The number of hydrogen-bond donors (Lipinski definition) is 1. The molecule has 2 aliphatic rings. The quantitative estimate of drug-likeness (QED) is 0.0900. The van der Waals surface area contributed by atoms with Crippen molar-refractivity contribution in [1.82, 2.24) is 20.0 Å². The van der Waals surface area contributed by atoms with Crippen molar-refractivity contribution in [3.05, 3.63) is 47.5 Å². The van der Waals surface area contributed by atoms with Crippen LogP contribution in [0.2, 0.25) is 0 Å². The number of halogens is 1. The predicted octanol–water partition coefficient (Wildman–Crippen LogP) is 8.31. The molecule has 0 bridgehead atoms. The average molecular weight is 982 g/mol. The van der Waals surface area contributed by atoms with Crippen LogP contribution in [0, 0.1) is 0 Å². The second kappa shape index (κ2) is 32.7. The molecule has 68 heavy (non-hydrogen) atoms. The Bertz CT molecular complexity index is 1680. The van der Waals surface area contributed by atoms with E-state index in [1.165, 1.54) is 0 Å². The van der Waals surface area contributed by atoms with Gasteiger partial charge < -0.3 is 62.6 Å². The first-order valence-electron chi connectivity index (χ1n) is 24.2. The van der Waals surface area contributed by atoms with E-state index >= 15 is 0 Å². The summed E-state index contributed by atoms with van der Waals surface area (Å²) in [6.45, 7) is 21.0. The van der Waals surface area contributed by atoms with E-state index in [4.69, 9.17) is 42.6 Å². The van der Waals surface area contributed by atoms with Gasteiger partial charge in [-0.25, -0.2) is 4.79 Å². The number of nitrogens with zero attached hydrogens (tertiary/aromatic N) is 3. The van der Waals surface area contributed by atoms with Gasteiger partial charge in [-0.2, -0.15) is 0 Å². The van der Waals surface area contributed by atoms with Gasteiger partial charge in [-0.15, -0.1) is 12.4 Å². The molecule has 2 aliphatic heterocycles. The van der Waals surface area contributed by atoms with Crippen molar-refractivity contribution < 1.29 is 57.0 Å². The van der Waals surface area contributed by atoms with Gasteiger partial charge in [-0.05, 0) is 105 Å². The van der Waals surface area contributed by atoms with Gasteiger partial charge in [0.25, 0.3) is 11.8 Å². The molecule has 388 valence electrons. The zero-order valence-electron chi connectivity index (χ0n) is 43.1. The highest BCUT2D eigenvalue weighted by Crippen LogP contribution is 2.29. The lowest BCUT2D eigenvalue weighted by Gasteiger charge is -2.41. The molecule has 17 heteroatoms. The van der Waals surface area contributed by atoms with Gasteiger partial charge >= 0.3 is 6.09 Å². The van der Waals surface area contributed by atoms with E-state index in [0.29, 0.717) is 100 Å². The standard InChI is InChI=1S/C28H46N2O7.C23H38N2O5.ClH/c1-21(2)30(23-11-8-12-29(20-23)27(32)37-28(3,4)5)26(31)22-17-24(35-15-9-13-33-6)19-25(18-22)36-16-10-14-34-7;1-18(2)25(20-8-5-9-24-17-20)23(26)19-14-21(29-12-6-10-27-3)16-22(15-19)30-13-7-11-28-4;/h17-19,21,23H,8-16,20H2,1-7H3;14-16,18,20,24H,5-13,17H2,1-4H3;1H/t23-;20-;/m11./s1. The second-order valence-corrected chi connectivity index (χ2v) is 18.5. The molecule has 2 aromatic rings. The van der Waals surface area contributed by atoms with Crippen LogP contribution in [-0.4, -0.2) is 170 Å². The van der Waals surface area contributed by atoms with Gasteiger partial charge in [0, 0.05) is 142 Å². The summed E-state index contributed by atoms with van der Waals surface area (Å²) in [5.74, 6) is 2.34. The molecule has 2 fully saturated rings. The highest BCUT2D eigenvalue weighted by Gasteiger charge is 2.35. The summed E-state index contributed by atoms with van der Waals surface area (Å²) < 4.78 is 49.6. The molecule has 0 aliphatic carbocycles. The van der Waals surface area contributed by atoms with Crippen LogP contribution in [0.1, 0.15) is 121 Å². The third-order valence-electron chi connectivity index (χ3n) is 11.0. The van der Waals surface area contributed by atoms with Gasteiger partial charge in [-0.1, -0.05) is 0 Å². The number of likely N-dealkylation sites (tertiary alicyclic amines) is 1. The number of rotatable bonds is 26. The molecule has 0 saturated carbocycles. The Hall–Kier alpha value is -4.06. The van der Waals surface area contributed by atoms with Crippen LogP contribution in [0.15, 0.2) is 36.4 Å². The van der Waals surface area contributed by atoms with E-state index in [-0.39, 0.29) is 54.5 Å². The molecule has 2 aromatic carbocycles. The van der Waals surface area contributed by atoms with E-state index in [9.17, 15) is 14.4 Å². The Morgan fingerprint density at radius 3 is 1.32 bits per heavy atom. The molecule has 0 radical (unpaired) electrons. The number of hydrogen-bond acceptors (Lipinski definition) is 13. The normalized spacial score (nSPS) is 16.0. The first kappa shape index (κ1) is 60.1. The topological polar surface area (TPSA) is 156 Å². The van der Waals surface area contributed by atoms with E-state index in [2.05, 4.69) is 19.2 Å². The van der Waals surface area contributed by atoms with Crippen LogP contribution in [0.4, 0.5) is 4.79 Å². The highest BCUT2D eigenvalue weighted by atomic mass is 35.5. The Kier molecular flexibility index (Phi) is 28.9. The van der Waals surface area contributed by atoms with Gasteiger partial charge in [0.2, 0.25) is 0 Å². The average Bonchev–Trinajstić information content (AvgIpc) is 3.29. The Morgan fingerprint density at radius 1 is 0.603 bits per heavy atom. The van der Waals surface area contributed by atoms with Crippen molar-refractivity contribution in [2.75, 3.05) is 107 Å². The first-order valence-corrected chi connectivity index (χ1v) is 24.2. The lowest BCUT2D eigenvalue weighted by Crippen LogP contribution is -2.54. The van der Waals surface area contributed by atoms with Crippen LogP contribution in [0.5, 0.6) is 23.0 Å². The van der Waals surface area contributed by atoms with Crippen molar-refractivity contribution in [2.24, 2.45) is 0 Å². The van der Waals surface area contributed by atoms with Crippen LogP contribution in [-0.2, 0) is 23.7 Å². The highest BCUT2D eigenvalue weighted by molar-refractivity contribution is 5.96. The van der Waals surface area contributed by atoms with E-state index in [1.54, 1.807) is 51.5 Å². The second-order valence-electron chi connectivity index (χ2n) is 18.5. The minimum Gasteiger partial charge on any atom is -0.493 e. The molecule has 16 nitrogen and oxygen atoms in total. The van der Waals surface area contributed by atoms with Crippen molar-refractivity contribution in [2.45, 2.75) is 130 Å². The first-order chi connectivity index (χ1) is 32.1. The number of carbonyl (C=O) groups is 3. The fourth-order valence-corrected chi connectivity index (χ4v) is 7.98. The molecule has 0 aromatic heterocycles. The minimum absolute atomic E-state index is 0. The zero-order valence-corrected chi connectivity index (χ0v) is 43.9. The molecule has 0 unspecified atom stereocenters. The lowest BCUT2D eigenvalue weighted by atomic mass is 10.0. The number of amides is 3. The molecule has 2 heterocycles. The molecule has 1 N–H and O–H groups in total. The molecular formula is C51H85ClN4O12. The van der Waals surface area contributed by atoms with Crippen LogP contribution in [0.25, 0.3) is 0 Å². The molecule has 2 saturated heterocycles. The number of nitrogens with one attached hydrogen (secondary N) is 1. The summed E-state index contributed by atoms with van der Waals surface area (Å²) in [7, 11) is 6.65. The summed E-state index contributed by atoms with van der Waals surface area (Å²) >= 11 is 0. The van der Waals surface area contributed by atoms with Crippen LogP contribution >= 0.6 is 12.4 Å². The third kappa shape index (κ3) is 21.7. The van der Waals surface area contributed by atoms with Gasteiger partial charge in [0.1, 0.15) is 28.6 Å². The maximum absolute atomic E-state index is 13.9. The fourth-order valence-electron chi connectivity index (χ4n) is 7.98. The molecule has 0 spiro atoms. The van der Waals surface area contributed by atoms with Crippen molar-refractivity contribution in [3.63, 3.8) is 0 Å². The minimum atomic E-state index is -0.569. The SMILES string of the molecule is COCCCOc1cc(OCCCOC)cc(C(=O)N(C(C)C)[C@@H]2CCCN(C(=O)OC(C)(C)C)C2)c1.COCCCOc1cc(OCCCOC)cc(C(=O)N(C(C)C)[C@@H]2CCCNC2)c1.Cl. The monoisotopic (exact) mass is 981 g/mol. The van der Waals surface area contributed by atoms with Gasteiger partial charge in [0.15, 0.2) is 0 Å². The number of benzene rings is 2. The zero-order chi connectivity index (χ0) is 49.2. The molecule has 2 atom stereocenters. The summed E-state index contributed by atoms with van der Waals surface area (Å²) in [6.07, 6.45) is 6.41. The summed E-state index contributed by atoms with van der Waals surface area (Å²) in [6, 6.07) is 11.0. The number of carbonyl (C=O) groups excluding carboxylic acids is 3. The Morgan fingerprint density at radius 2 is 0.985 bits per heavy atom. The van der Waals surface area contributed by atoms with Crippen molar-refractivity contribution >= 4 is 30.3 Å². The summed E-state index contributed by atoms with van der Waals surface area (Å²) in [5.41, 5.74) is 0.523. The summed E-state index contributed by atoms with van der Waals surface area (Å²) in [4.78, 5) is 45.7. The maximum atomic E-state index is 13.9. The summed E-state index contributed by atoms with van der Waals surface area (Å²) in [5, 5.41) is 3.41. The number of piperidine rings is 2. The van der Waals surface area contributed by atoms with Gasteiger partial charge in [0.05, 0.1) is 32.5 Å². The predicted molar refractivity (Wildman–Crippen MR) is 267 cm³/mol. The van der Waals surface area contributed by atoms with Crippen molar-refractivity contribution in [1.29, 1.82) is 0 Å². The van der Waals surface area contributed by atoms with E-state index < -0.39 is 5.60 Å². The Balaban J connectivity index is 0.000000470. The van der Waals surface area contributed by atoms with E-state index in [0.717, 1.165) is 64.5 Å². The third-order valence-corrected chi connectivity index (χ3v) is 11.0. The molecule has 4 rings (SSSR count). The largest absolute Gasteiger partial charge is 0.493 e. The van der Waals surface area contributed by atoms with Crippen molar-refractivity contribution in [3.8, 4) is 23.0 Å². The van der Waals surface area contributed by atoms with E-state index in [1.807, 2.05) is 62.6 Å². The van der Waals surface area contributed by atoms with Crippen LogP contribution in [0.3, 0.4) is 0 Å². The maximum Gasteiger partial charge on any atom is 0.410 e. The fraction of sp³-hybridized carbons (Fsp3) is 0.706. The molecule has 3 amide bonds. The number of methoxy groups -OCH3 is 4. The molecular weight excluding hydrogens is 896 g/mol.